The van der Waals surface area contributed by atoms with Gasteiger partial charge < -0.3 is 8.97 Å². The second-order valence-electron chi connectivity index (χ2n) is 4.47. The predicted molar refractivity (Wildman–Crippen MR) is 77.3 cm³/mol. The summed E-state index contributed by atoms with van der Waals surface area (Å²) < 4.78 is 36.0. The van der Waals surface area contributed by atoms with Crippen LogP contribution in [0.25, 0.3) is 11.1 Å². The van der Waals surface area contributed by atoms with Crippen LogP contribution in [0.1, 0.15) is 11.5 Å². The van der Waals surface area contributed by atoms with Gasteiger partial charge >= 0.3 is 5.89 Å². The maximum absolute atomic E-state index is 10.2. The van der Waals surface area contributed by atoms with E-state index in [2.05, 4.69) is 4.98 Å². The minimum absolute atomic E-state index is 0.423. The lowest BCUT2D eigenvalue weighted by molar-refractivity contribution is -0.365. The largest absolute Gasteiger partial charge is 0.748 e. The van der Waals surface area contributed by atoms with Gasteiger partial charge in [0, 0.05) is 6.07 Å². The number of hydrogen-bond acceptors (Lipinski definition) is 4. The fourth-order valence-electron chi connectivity index (χ4n) is 1.82. The van der Waals surface area contributed by atoms with E-state index in [0.29, 0.717) is 5.56 Å². The first kappa shape index (κ1) is 15.2. The molecule has 0 amide bonds. The molecule has 0 fully saturated rings. The maximum atomic E-state index is 10.2. The average molecular weight is 305 g/mol. The Morgan fingerprint density at radius 1 is 1.05 bits per heavy atom. The standard InChI is InChI=1S/C8H7NO.C7H8O3S/c1-6-9-7-4-2-3-5-8(7)10-6;8-11(9,10)6-7-4-2-1-3-5-7/h2-5H,1H3;1-5H,6H2,(H,8,9,10). The third-order valence-corrected chi connectivity index (χ3v) is 3.33. The normalized spacial score (nSPS) is 11.0. The van der Waals surface area contributed by atoms with Crippen LogP contribution in [-0.2, 0) is 15.9 Å². The highest BCUT2D eigenvalue weighted by Gasteiger charge is 2.05. The fourth-order valence-corrected chi connectivity index (χ4v) is 2.42. The predicted octanol–water partition coefficient (Wildman–Crippen LogP) is 2.29. The number of rotatable bonds is 2. The number of H-pyrrole nitrogens is 1. The lowest BCUT2D eigenvalue weighted by Crippen LogP contribution is -2.01. The molecular formula is C15H15NO4S. The molecule has 3 rings (SSSR count). The fraction of sp³-hybridized carbons (Fsp3) is 0.133. The molecule has 0 unspecified atom stereocenters. The van der Waals surface area contributed by atoms with Crippen LogP contribution in [0.4, 0.5) is 0 Å². The van der Waals surface area contributed by atoms with Gasteiger partial charge in [-0.1, -0.05) is 42.5 Å². The Balaban J connectivity index is 0.000000154. The van der Waals surface area contributed by atoms with E-state index in [9.17, 15) is 13.0 Å². The first-order valence-corrected chi connectivity index (χ1v) is 7.87. The Bertz CT molecular complexity index is 777. The van der Waals surface area contributed by atoms with Crippen LogP contribution in [0.15, 0.2) is 59.0 Å². The Hall–Kier alpha value is -2.18. The van der Waals surface area contributed by atoms with Crippen LogP contribution < -0.4 is 4.98 Å². The van der Waals surface area contributed by atoms with Crippen molar-refractivity contribution < 1.29 is 22.4 Å². The monoisotopic (exact) mass is 305 g/mol. The molecule has 0 saturated carbocycles. The summed E-state index contributed by atoms with van der Waals surface area (Å²) in [7, 11) is -4.13. The molecule has 0 radical (unpaired) electrons. The first-order chi connectivity index (χ1) is 9.94. The second-order valence-corrected chi connectivity index (χ2v) is 5.87. The number of aromatic nitrogens is 1. The molecule has 6 heteroatoms. The van der Waals surface area contributed by atoms with Crippen molar-refractivity contribution in [1.82, 2.24) is 0 Å². The van der Waals surface area contributed by atoms with Crippen molar-refractivity contribution in [1.29, 1.82) is 0 Å². The van der Waals surface area contributed by atoms with E-state index in [4.69, 9.17) is 4.42 Å². The molecule has 110 valence electrons. The van der Waals surface area contributed by atoms with Crippen LogP contribution >= 0.6 is 0 Å². The number of hydrogen-bond donors (Lipinski definition) is 0. The van der Waals surface area contributed by atoms with Crippen molar-refractivity contribution in [3.8, 4) is 0 Å². The summed E-state index contributed by atoms with van der Waals surface area (Å²) in [6.45, 7) is 1.90. The molecule has 2 aromatic carbocycles. The summed E-state index contributed by atoms with van der Waals surface area (Å²) in [6.07, 6.45) is 0. The molecule has 0 aliphatic carbocycles. The van der Waals surface area contributed by atoms with E-state index in [-0.39, 0.29) is 0 Å². The van der Waals surface area contributed by atoms with Crippen molar-refractivity contribution in [3.63, 3.8) is 0 Å². The van der Waals surface area contributed by atoms with Gasteiger partial charge in [-0.15, -0.1) is 0 Å². The van der Waals surface area contributed by atoms with Gasteiger partial charge in [0.15, 0.2) is 0 Å². The van der Waals surface area contributed by atoms with E-state index >= 15 is 0 Å². The van der Waals surface area contributed by atoms with Crippen molar-refractivity contribution >= 4 is 21.2 Å². The molecular weight excluding hydrogens is 290 g/mol. The molecule has 5 nitrogen and oxygen atoms in total. The topological polar surface area (TPSA) is 84.5 Å². The molecule has 1 aromatic heterocycles. The minimum atomic E-state index is -4.13. The molecule has 3 aromatic rings. The average Bonchev–Trinajstić information content (AvgIpc) is 2.78. The van der Waals surface area contributed by atoms with Crippen LogP contribution in [0.3, 0.4) is 0 Å². The van der Waals surface area contributed by atoms with Crippen LogP contribution in [0.5, 0.6) is 0 Å². The van der Waals surface area contributed by atoms with Gasteiger partial charge in [0.1, 0.15) is 0 Å². The zero-order valence-corrected chi connectivity index (χ0v) is 12.3. The van der Waals surface area contributed by atoms with E-state index in [1.807, 2.05) is 31.2 Å². The van der Waals surface area contributed by atoms with Crippen molar-refractivity contribution in [2.24, 2.45) is 0 Å². The van der Waals surface area contributed by atoms with Crippen molar-refractivity contribution in [2.45, 2.75) is 12.7 Å². The Morgan fingerprint density at radius 3 is 2.29 bits per heavy atom. The van der Waals surface area contributed by atoms with E-state index in [1.165, 1.54) is 0 Å². The third-order valence-electron chi connectivity index (χ3n) is 2.65. The van der Waals surface area contributed by atoms with Gasteiger partial charge in [0.2, 0.25) is 11.1 Å². The Morgan fingerprint density at radius 2 is 1.67 bits per heavy atom. The summed E-state index contributed by atoms with van der Waals surface area (Å²) >= 11 is 0. The molecule has 1 heterocycles. The zero-order valence-electron chi connectivity index (χ0n) is 11.4. The number of fused-ring (bicyclic) bond motifs is 1. The summed E-state index contributed by atoms with van der Waals surface area (Å²) in [5.41, 5.74) is 2.50. The van der Waals surface area contributed by atoms with Gasteiger partial charge in [-0.25, -0.2) is 8.42 Å². The van der Waals surface area contributed by atoms with Crippen LogP contribution in [-0.4, -0.2) is 13.0 Å². The van der Waals surface area contributed by atoms with Gasteiger partial charge in [0.05, 0.1) is 22.8 Å². The zero-order chi connectivity index (χ0) is 15.3. The molecule has 0 atom stereocenters. The van der Waals surface area contributed by atoms with Crippen LogP contribution in [0, 0.1) is 6.92 Å². The lowest BCUT2D eigenvalue weighted by atomic mass is 10.2. The second kappa shape index (κ2) is 6.51. The highest BCUT2D eigenvalue weighted by molar-refractivity contribution is 7.84. The van der Waals surface area contributed by atoms with Gasteiger partial charge in [0.25, 0.3) is 0 Å². The summed E-state index contributed by atoms with van der Waals surface area (Å²) in [5, 5.41) is 0. The molecule has 0 aliphatic heterocycles. The maximum Gasteiger partial charge on any atom is 0.343 e. The molecule has 0 saturated heterocycles. The van der Waals surface area contributed by atoms with Gasteiger partial charge in [-0.2, -0.15) is 4.98 Å². The molecule has 0 bridgehead atoms. The molecule has 0 aliphatic rings. The SMILES string of the molecule is Cc1[nH+]c2ccccc2o1.O=S(=O)([O-])Cc1ccccc1. The lowest BCUT2D eigenvalue weighted by Gasteiger charge is -2.05. The highest BCUT2D eigenvalue weighted by Crippen LogP contribution is 2.08. The number of aryl methyl sites for hydroxylation is 1. The van der Waals surface area contributed by atoms with Crippen molar-refractivity contribution in [2.75, 3.05) is 0 Å². The minimum Gasteiger partial charge on any atom is -0.748 e. The summed E-state index contributed by atoms with van der Waals surface area (Å²) in [6, 6.07) is 16.2. The molecule has 1 N–H and O–H groups in total. The summed E-state index contributed by atoms with van der Waals surface area (Å²) in [5.74, 6) is 0.426. The summed E-state index contributed by atoms with van der Waals surface area (Å²) in [4.78, 5) is 3.09. The molecule has 21 heavy (non-hydrogen) atoms. The highest BCUT2D eigenvalue weighted by atomic mass is 32.2. The number of nitrogens with one attached hydrogen (secondary N) is 1. The smallest absolute Gasteiger partial charge is 0.343 e. The Kier molecular flexibility index (Phi) is 4.72. The number of benzene rings is 2. The van der Waals surface area contributed by atoms with E-state index < -0.39 is 15.9 Å². The number of aromatic amines is 1. The van der Waals surface area contributed by atoms with Gasteiger partial charge in [-0.3, -0.25) is 0 Å². The Labute approximate surface area is 123 Å². The van der Waals surface area contributed by atoms with E-state index in [0.717, 1.165) is 17.0 Å². The van der Waals surface area contributed by atoms with Gasteiger partial charge in [-0.05, 0) is 11.6 Å². The van der Waals surface area contributed by atoms with E-state index in [1.54, 1.807) is 30.3 Å². The number of oxazole rings is 1. The number of para-hydroxylation sites is 2. The molecule has 0 spiro atoms. The van der Waals surface area contributed by atoms with Crippen molar-refractivity contribution in [3.05, 3.63) is 66.1 Å². The third kappa shape index (κ3) is 5.02. The van der Waals surface area contributed by atoms with Crippen LogP contribution in [0.2, 0.25) is 0 Å². The first-order valence-electron chi connectivity index (χ1n) is 6.29. The quantitative estimate of drug-likeness (QED) is 0.680.